The van der Waals surface area contributed by atoms with Crippen LogP contribution in [0.2, 0.25) is 0 Å². The minimum Gasteiger partial charge on any atom is -0.497 e. The van der Waals surface area contributed by atoms with Crippen molar-refractivity contribution < 1.29 is 4.74 Å². The Balaban J connectivity index is 2.53. The lowest BCUT2D eigenvalue weighted by Gasteiger charge is -2.18. The third-order valence-corrected chi connectivity index (χ3v) is 3.48. The highest BCUT2D eigenvalue weighted by Crippen LogP contribution is 2.19. The van der Waals surface area contributed by atoms with Gasteiger partial charge in [-0.1, -0.05) is 38.8 Å². The van der Waals surface area contributed by atoms with Crippen LogP contribution in [0.15, 0.2) is 24.3 Å². The van der Waals surface area contributed by atoms with E-state index in [-0.39, 0.29) is 0 Å². The van der Waals surface area contributed by atoms with Crippen LogP contribution in [0.5, 0.6) is 5.75 Å². The summed E-state index contributed by atoms with van der Waals surface area (Å²) in [6.07, 6.45) is 6.27. The summed E-state index contributed by atoms with van der Waals surface area (Å²) in [6, 6.07) is 8.48. The smallest absolute Gasteiger partial charge is 0.119 e. The van der Waals surface area contributed by atoms with E-state index in [0.29, 0.717) is 0 Å². The number of benzene rings is 1. The van der Waals surface area contributed by atoms with Crippen molar-refractivity contribution in [2.75, 3.05) is 20.2 Å². The second-order valence-corrected chi connectivity index (χ2v) is 5.27. The van der Waals surface area contributed by atoms with E-state index in [1.165, 1.54) is 31.2 Å². The molecule has 0 aromatic heterocycles. The van der Waals surface area contributed by atoms with Crippen LogP contribution in [0.4, 0.5) is 0 Å². The lowest BCUT2D eigenvalue weighted by atomic mass is 9.94. The summed E-state index contributed by atoms with van der Waals surface area (Å²) in [4.78, 5) is 0. The van der Waals surface area contributed by atoms with E-state index in [1.807, 2.05) is 6.07 Å². The highest BCUT2D eigenvalue weighted by molar-refractivity contribution is 5.28. The summed E-state index contributed by atoms with van der Waals surface area (Å²) in [5, 5.41) is 3.56. The van der Waals surface area contributed by atoms with Crippen LogP contribution in [0.3, 0.4) is 0 Å². The maximum absolute atomic E-state index is 5.30. The van der Waals surface area contributed by atoms with Gasteiger partial charge in [0.1, 0.15) is 5.75 Å². The SMILES string of the molecule is CCCCC(CNCCC)Cc1cccc(OC)c1. The van der Waals surface area contributed by atoms with E-state index in [0.717, 1.165) is 31.2 Å². The maximum Gasteiger partial charge on any atom is 0.119 e. The summed E-state index contributed by atoms with van der Waals surface area (Å²) in [5.74, 6) is 1.70. The molecule has 2 nitrogen and oxygen atoms in total. The number of unbranched alkanes of at least 4 members (excludes halogenated alkanes) is 1. The molecule has 0 heterocycles. The van der Waals surface area contributed by atoms with Crippen molar-refractivity contribution in [1.82, 2.24) is 5.32 Å². The molecule has 2 heteroatoms. The molecule has 0 aliphatic heterocycles. The first-order chi connectivity index (χ1) is 9.30. The second-order valence-electron chi connectivity index (χ2n) is 5.27. The Morgan fingerprint density at radius 3 is 2.74 bits per heavy atom. The molecule has 0 radical (unpaired) electrons. The third-order valence-electron chi connectivity index (χ3n) is 3.48. The number of ether oxygens (including phenoxy) is 1. The lowest BCUT2D eigenvalue weighted by Crippen LogP contribution is -2.25. The molecule has 108 valence electrons. The van der Waals surface area contributed by atoms with E-state index in [1.54, 1.807) is 7.11 Å². The molecule has 1 unspecified atom stereocenters. The topological polar surface area (TPSA) is 21.3 Å². The number of hydrogen-bond donors (Lipinski definition) is 1. The first kappa shape index (κ1) is 16.0. The zero-order valence-corrected chi connectivity index (χ0v) is 12.7. The van der Waals surface area contributed by atoms with Crippen molar-refractivity contribution in [1.29, 1.82) is 0 Å². The molecule has 0 bridgehead atoms. The first-order valence-corrected chi connectivity index (χ1v) is 7.63. The molecule has 1 aromatic rings. The Morgan fingerprint density at radius 2 is 2.05 bits per heavy atom. The van der Waals surface area contributed by atoms with Crippen LogP contribution in [-0.2, 0) is 6.42 Å². The average molecular weight is 263 g/mol. The summed E-state index contributed by atoms with van der Waals surface area (Å²) >= 11 is 0. The lowest BCUT2D eigenvalue weighted by molar-refractivity contribution is 0.410. The normalized spacial score (nSPS) is 12.4. The molecule has 1 N–H and O–H groups in total. The summed E-state index contributed by atoms with van der Waals surface area (Å²) in [6.45, 7) is 6.74. The molecule has 0 aliphatic carbocycles. The predicted molar refractivity (Wildman–Crippen MR) is 82.9 cm³/mol. The van der Waals surface area contributed by atoms with E-state index in [4.69, 9.17) is 4.74 Å². The fourth-order valence-electron chi connectivity index (χ4n) is 2.38. The van der Waals surface area contributed by atoms with Gasteiger partial charge in [-0.25, -0.2) is 0 Å². The zero-order valence-electron chi connectivity index (χ0n) is 12.7. The average Bonchev–Trinajstić information content (AvgIpc) is 2.45. The van der Waals surface area contributed by atoms with Gasteiger partial charge in [-0.3, -0.25) is 0 Å². The molecule has 0 spiro atoms. The van der Waals surface area contributed by atoms with Crippen LogP contribution in [-0.4, -0.2) is 20.2 Å². The predicted octanol–water partition coefficient (Wildman–Crippen LogP) is 4.04. The zero-order chi connectivity index (χ0) is 13.9. The van der Waals surface area contributed by atoms with Gasteiger partial charge in [0, 0.05) is 0 Å². The molecular weight excluding hydrogens is 234 g/mol. The van der Waals surface area contributed by atoms with Crippen molar-refractivity contribution >= 4 is 0 Å². The Labute approximate surface area is 118 Å². The van der Waals surface area contributed by atoms with Gasteiger partial charge in [0.15, 0.2) is 0 Å². The van der Waals surface area contributed by atoms with Crippen LogP contribution in [0.1, 0.15) is 45.1 Å². The quantitative estimate of drug-likeness (QED) is 0.643. The monoisotopic (exact) mass is 263 g/mol. The molecular formula is C17H29NO. The van der Waals surface area contributed by atoms with Gasteiger partial charge in [0.2, 0.25) is 0 Å². The summed E-state index contributed by atoms with van der Waals surface area (Å²) in [5.41, 5.74) is 1.39. The van der Waals surface area contributed by atoms with Crippen LogP contribution in [0, 0.1) is 5.92 Å². The Kier molecular flexibility index (Phi) is 8.31. The number of rotatable bonds is 10. The van der Waals surface area contributed by atoms with Gasteiger partial charge in [0.05, 0.1) is 7.11 Å². The van der Waals surface area contributed by atoms with Crippen molar-refractivity contribution in [2.45, 2.75) is 46.0 Å². The van der Waals surface area contributed by atoms with Gasteiger partial charge < -0.3 is 10.1 Å². The molecule has 0 saturated heterocycles. The molecule has 0 amide bonds. The molecule has 0 saturated carbocycles. The highest BCUT2D eigenvalue weighted by Gasteiger charge is 2.09. The molecule has 19 heavy (non-hydrogen) atoms. The first-order valence-electron chi connectivity index (χ1n) is 7.63. The standard InChI is InChI=1S/C17H29NO/c1-4-6-8-16(14-18-11-5-2)12-15-9-7-10-17(13-15)19-3/h7,9-10,13,16,18H,4-6,8,11-12,14H2,1-3H3. The molecule has 1 atom stereocenters. The van der Waals surface area contributed by atoms with E-state index >= 15 is 0 Å². The van der Waals surface area contributed by atoms with E-state index < -0.39 is 0 Å². The van der Waals surface area contributed by atoms with Crippen LogP contribution >= 0.6 is 0 Å². The van der Waals surface area contributed by atoms with E-state index in [9.17, 15) is 0 Å². The fourth-order valence-corrected chi connectivity index (χ4v) is 2.38. The van der Waals surface area contributed by atoms with Crippen molar-refractivity contribution in [2.24, 2.45) is 5.92 Å². The van der Waals surface area contributed by atoms with Crippen LogP contribution < -0.4 is 10.1 Å². The van der Waals surface area contributed by atoms with Crippen molar-refractivity contribution in [3.05, 3.63) is 29.8 Å². The number of hydrogen-bond acceptors (Lipinski definition) is 2. The third kappa shape index (κ3) is 6.63. The molecule has 0 aliphatic rings. The molecule has 1 aromatic carbocycles. The van der Waals surface area contributed by atoms with Gasteiger partial charge in [-0.15, -0.1) is 0 Å². The summed E-state index contributed by atoms with van der Waals surface area (Å²) in [7, 11) is 1.73. The maximum atomic E-state index is 5.30. The van der Waals surface area contributed by atoms with E-state index in [2.05, 4.69) is 37.4 Å². The van der Waals surface area contributed by atoms with Crippen molar-refractivity contribution in [3.8, 4) is 5.75 Å². The van der Waals surface area contributed by atoms with Gasteiger partial charge in [-0.2, -0.15) is 0 Å². The fraction of sp³-hybridized carbons (Fsp3) is 0.647. The molecule has 1 rings (SSSR count). The Bertz CT molecular complexity index is 338. The Hall–Kier alpha value is -1.02. The second kappa shape index (κ2) is 9.85. The number of nitrogens with one attached hydrogen (secondary N) is 1. The minimum absolute atomic E-state index is 0.735. The number of methoxy groups -OCH3 is 1. The van der Waals surface area contributed by atoms with Gasteiger partial charge in [-0.05, 0) is 56.0 Å². The van der Waals surface area contributed by atoms with Crippen LogP contribution in [0.25, 0.3) is 0 Å². The Morgan fingerprint density at radius 1 is 1.21 bits per heavy atom. The van der Waals surface area contributed by atoms with Crippen molar-refractivity contribution in [3.63, 3.8) is 0 Å². The largest absolute Gasteiger partial charge is 0.497 e. The minimum atomic E-state index is 0.735. The van der Waals surface area contributed by atoms with Gasteiger partial charge >= 0.3 is 0 Å². The highest BCUT2D eigenvalue weighted by atomic mass is 16.5. The molecule has 0 fully saturated rings. The van der Waals surface area contributed by atoms with Gasteiger partial charge in [0.25, 0.3) is 0 Å². The summed E-state index contributed by atoms with van der Waals surface area (Å²) < 4.78 is 5.30.